The summed E-state index contributed by atoms with van der Waals surface area (Å²) in [5, 5.41) is 10.00. The van der Waals surface area contributed by atoms with Crippen LogP contribution in [0.3, 0.4) is 0 Å². The van der Waals surface area contributed by atoms with E-state index in [0.29, 0.717) is 12.1 Å². The summed E-state index contributed by atoms with van der Waals surface area (Å²) in [7, 11) is 0. The van der Waals surface area contributed by atoms with Gasteiger partial charge in [-0.2, -0.15) is 13.2 Å². The van der Waals surface area contributed by atoms with E-state index in [0.717, 1.165) is 33.4 Å². The van der Waals surface area contributed by atoms with Crippen LogP contribution in [-0.2, 0) is 12.6 Å². The number of rotatable bonds is 6. The van der Waals surface area contributed by atoms with Crippen LogP contribution in [0.4, 0.5) is 17.6 Å². The highest BCUT2D eigenvalue weighted by Crippen LogP contribution is 2.28. The van der Waals surface area contributed by atoms with Gasteiger partial charge in [0.15, 0.2) is 5.69 Å². The predicted molar refractivity (Wildman–Crippen MR) is 116 cm³/mol. The highest BCUT2D eigenvalue weighted by atomic mass is 32.1. The molecule has 0 bridgehead atoms. The molecule has 12 heteroatoms. The van der Waals surface area contributed by atoms with E-state index in [1.165, 1.54) is 47.7 Å². The van der Waals surface area contributed by atoms with E-state index >= 15 is 0 Å². The predicted octanol–water partition coefficient (Wildman–Crippen LogP) is 5.51. The minimum Gasteiger partial charge on any atom is -0.306 e. The number of benzene rings is 2. The van der Waals surface area contributed by atoms with Crippen LogP contribution in [0.25, 0.3) is 16.3 Å². The van der Waals surface area contributed by atoms with Crippen molar-refractivity contribution in [3.8, 4) is 16.3 Å². The van der Waals surface area contributed by atoms with E-state index in [1.807, 2.05) is 5.38 Å². The highest BCUT2D eigenvalue weighted by molar-refractivity contribution is 7.13. The Morgan fingerprint density at radius 3 is 2.68 bits per heavy atom. The maximum Gasteiger partial charge on any atom is 0.434 e. The molecule has 7 nitrogen and oxygen atoms in total. The molecule has 2 aromatic carbocycles. The van der Waals surface area contributed by atoms with Crippen molar-refractivity contribution in [1.29, 1.82) is 0 Å². The Labute approximate surface area is 194 Å². The monoisotopic (exact) mass is 487 g/mol. The molecule has 0 spiro atoms. The van der Waals surface area contributed by atoms with Crippen LogP contribution in [0.1, 0.15) is 21.7 Å². The van der Waals surface area contributed by atoms with Crippen LogP contribution in [-0.4, -0.2) is 27.0 Å². The molecule has 0 saturated carbocycles. The number of hydrogen-bond acceptors (Lipinski definition) is 5. The van der Waals surface area contributed by atoms with Gasteiger partial charge in [-0.1, -0.05) is 6.07 Å². The molecule has 172 valence electrons. The largest absolute Gasteiger partial charge is 0.434 e. The third-order valence-corrected chi connectivity index (χ3v) is 5.51. The maximum absolute atomic E-state index is 13.0. The summed E-state index contributed by atoms with van der Waals surface area (Å²) in [6.45, 7) is 0.249. The minimum atomic E-state index is -4.56. The first-order valence-electron chi connectivity index (χ1n) is 9.83. The van der Waals surface area contributed by atoms with E-state index in [4.69, 9.17) is 0 Å². The number of imidazole rings is 1. The van der Waals surface area contributed by atoms with Gasteiger partial charge in [-0.3, -0.25) is 4.79 Å². The smallest absolute Gasteiger partial charge is 0.306 e. The SMILES string of the molecule is O=C(N=[N+]=NCCc1csc(-c2ccc(F)cc2)n1)c1cccc(-n2cnc(C(F)(F)F)c2)c1. The summed E-state index contributed by atoms with van der Waals surface area (Å²) >= 11 is 1.42. The number of thiazole rings is 1. The standard InChI is InChI=1S/C22H15F4N6OS/c23-16-6-4-14(5-7-16)21-29-17(12-34-21)8-9-28-31-30-20(33)15-2-1-3-18(10-15)32-11-19(27-13-32)22(24,25)26/h1-7,10-13H,8-9H2/q+1. The quantitative estimate of drug-likeness (QED) is 0.204. The summed E-state index contributed by atoms with van der Waals surface area (Å²) < 4.78 is 52.4. The number of carbonyl (C=O) groups is 1. The zero-order chi connectivity index (χ0) is 24.1. The van der Waals surface area contributed by atoms with E-state index < -0.39 is 17.8 Å². The fourth-order valence-electron chi connectivity index (χ4n) is 2.90. The van der Waals surface area contributed by atoms with Crippen LogP contribution >= 0.6 is 11.3 Å². The lowest BCUT2D eigenvalue weighted by atomic mass is 10.2. The molecule has 34 heavy (non-hydrogen) atoms. The molecule has 0 N–H and O–H groups in total. The van der Waals surface area contributed by atoms with Gasteiger partial charge < -0.3 is 4.57 Å². The van der Waals surface area contributed by atoms with Crippen molar-refractivity contribution in [2.75, 3.05) is 6.54 Å². The Kier molecular flexibility index (Phi) is 6.71. The average Bonchev–Trinajstić information content (AvgIpc) is 3.50. The molecule has 0 radical (unpaired) electrons. The van der Waals surface area contributed by atoms with E-state index in [1.54, 1.807) is 12.1 Å². The number of hydrogen-bond donors (Lipinski definition) is 0. The van der Waals surface area contributed by atoms with Gasteiger partial charge in [0.1, 0.15) is 22.5 Å². The molecule has 4 aromatic rings. The highest BCUT2D eigenvalue weighted by Gasteiger charge is 2.33. The molecule has 0 fully saturated rings. The first kappa shape index (κ1) is 23.1. The van der Waals surface area contributed by atoms with Crippen molar-refractivity contribution in [2.24, 2.45) is 10.2 Å². The van der Waals surface area contributed by atoms with E-state index in [9.17, 15) is 22.4 Å². The summed E-state index contributed by atoms with van der Waals surface area (Å²) in [5.41, 5.74) is 1.02. The van der Waals surface area contributed by atoms with E-state index in [2.05, 4.69) is 25.1 Å². The van der Waals surface area contributed by atoms with Gasteiger partial charge in [-0.25, -0.2) is 14.4 Å². The molecule has 2 heterocycles. The molecule has 0 atom stereocenters. The molecule has 4 rings (SSSR count). The molecule has 1 amide bonds. The fraction of sp³-hybridized carbons (Fsp3) is 0.136. The number of nitrogens with zero attached hydrogens (tertiary/aromatic N) is 6. The van der Waals surface area contributed by atoms with Crippen LogP contribution in [0.5, 0.6) is 0 Å². The molecule has 0 unspecified atom stereocenters. The lowest BCUT2D eigenvalue weighted by Gasteiger charge is -2.03. The normalized spacial score (nSPS) is 11.2. The van der Waals surface area contributed by atoms with Gasteiger partial charge >= 0.3 is 12.1 Å². The molecular formula is C22H15F4N6OS+. The third-order valence-electron chi connectivity index (χ3n) is 4.57. The number of aromatic nitrogens is 3. The van der Waals surface area contributed by atoms with Crippen molar-refractivity contribution in [3.05, 3.63) is 89.2 Å². The second-order valence-electron chi connectivity index (χ2n) is 6.97. The first-order chi connectivity index (χ1) is 16.3. The second-order valence-corrected chi connectivity index (χ2v) is 7.83. The lowest BCUT2D eigenvalue weighted by Crippen LogP contribution is -2.05. The van der Waals surface area contributed by atoms with Crippen molar-refractivity contribution >= 4 is 17.2 Å². The van der Waals surface area contributed by atoms with Gasteiger partial charge in [0.05, 0.1) is 17.6 Å². The molecule has 0 aliphatic rings. The molecule has 0 aliphatic carbocycles. The van der Waals surface area contributed by atoms with Crippen molar-refractivity contribution in [1.82, 2.24) is 19.4 Å². The van der Waals surface area contributed by atoms with Crippen molar-refractivity contribution < 1.29 is 22.4 Å². The van der Waals surface area contributed by atoms with Gasteiger partial charge in [-0.15, -0.1) is 11.3 Å². The summed E-state index contributed by atoms with van der Waals surface area (Å²) in [6.07, 6.45) is -2.23. The number of carbonyl (C=O) groups excluding carboxylic acids is 1. The van der Waals surface area contributed by atoms with E-state index in [-0.39, 0.29) is 17.9 Å². The summed E-state index contributed by atoms with van der Waals surface area (Å²) in [6, 6.07) is 12.0. The molecule has 0 aliphatic heterocycles. The topological polar surface area (TPSA) is 86.6 Å². The Morgan fingerprint density at radius 2 is 1.94 bits per heavy atom. The van der Waals surface area contributed by atoms with Crippen LogP contribution in [0.15, 0.2) is 76.7 Å². The Hall–Kier alpha value is -4.02. The van der Waals surface area contributed by atoms with Gasteiger partial charge in [0, 0.05) is 29.2 Å². The van der Waals surface area contributed by atoms with Gasteiger partial charge in [0.25, 0.3) is 0 Å². The second kappa shape index (κ2) is 9.86. The maximum atomic E-state index is 13.0. The van der Waals surface area contributed by atoms with Gasteiger partial charge in [-0.05, 0) is 42.5 Å². The average molecular weight is 487 g/mol. The number of amides is 1. The Balaban J connectivity index is 1.36. The van der Waals surface area contributed by atoms with Gasteiger partial charge in [0.2, 0.25) is 10.0 Å². The molecule has 0 saturated heterocycles. The van der Waals surface area contributed by atoms with Crippen molar-refractivity contribution in [2.45, 2.75) is 12.6 Å². The number of halogens is 4. The fourth-order valence-corrected chi connectivity index (χ4v) is 3.76. The van der Waals surface area contributed by atoms with Crippen LogP contribution in [0.2, 0.25) is 0 Å². The van der Waals surface area contributed by atoms with Crippen molar-refractivity contribution in [3.63, 3.8) is 0 Å². The Bertz CT molecular complexity index is 1370. The minimum absolute atomic E-state index is 0.141. The van der Waals surface area contributed by atoms with Crippen LogP contribution < -0.4 is 4.91 Å². The third kappa shape index (κ3) is 5.66. The first-order valence-corrected chi connectivity index (χ1v) is 10.7. The lowest BCUT2D eigenvalue weighted by molar-refractivity contribution is -0.140. The summed E-state index contributed by atoms with van der Waals surface area (Å²) in [4.78, 5) is 23.6. The molecule has 2 aromatic heterocycles. The zero-order valence-electron chi connectivity index (χ0n) is 17.3. The zero-order valence-corrected chi connectivity index (χ0v) is 18.1. The molecular weight excluding hydrogens is 472 g/mol. The van der Waals surface area contributed by atoms with Crippen LogP contribution in [0, 0.1) is 5.82 Å². The number of alkyl halides is 3. The Morgan fingerprint density at radius 1 is 1.15 bits per heavy atom. The summed E-state index contributed by atoms with van der Waals surface area (Å²) in [5.74, 6) is -1.00.